The minimum absolute atomic E-state index is 0.0425. The molecule has 1 atom stereocenters. The number of fused-ring (bicyclic) bond motifs is 1. The van der Waals surface area contributed by atoms with Gasteiger partial charge in [-0.15, -0.1) is 0 Å². The third kappa shape index (κ3) is 3.59. The van der Waals surface area contributed by atoms with E-state index < -0.39 is 5.97 Å². The van der Waals surface area contributed by atoms with Crippen molar-refractivity contribution >= 4 is 17.5 Å². The first-order valence-electron chi connectivity index (χ1n) is 9.69. The Bertz CT molecular complexity index is 1140. The number of hydrogen-bond acceptors (Lipinski definition) is 4. The van der Waals surface area contributed by atoms with Gasteiger partial charge in [-0.2, -0.15) is 0 Å². The van der Waals surface area contributed by atoms with Crippen molar-refractivity contribution in [3.8, 4) is 16.9 Å². The quantitative estimate of drug-likeness (QED) is 0.367. The van der Waals surface area contributed by atoms with E-state index >= 15 is 0 Å². The van der Waals surface area contributed by atoms with Crippen LogP contribution in [0, 0.1) is 5.41 Å². The van der Waals surface area contributed by atoms with E-state index in [1.807, 2.05) is 48.5 Å². The van der Waals surface area contributed by atoms with E-state index in [1.165, 1.54) is 0 Å². The molecule has 3 aromatic carbocycles. The molecule has 3 aromatic rings. The number of nitrogen functional groups attached to an aromatic ring is 1. The van der Waals surface area contributed by atoms with Gasteiger partial charge < -0.3 is 20.9 Å². The number of ether oxygens (including phenoxy) is 1. The molecule has 6 heteroatoms. The minimum Gasteiger partial charge on any atom is -0.497 e. The molecule has 1 heterocycles. The van der Waals surface area contributed by atoms with E-state index in [4.69, 9.17) is 15.9 Å². The summed E-state index contributed by atoms with van der Waals surface area (Å²) in [4.78, 5) is 11.8. The Morgan fingerprint density at radius 1 is 1.17 bits per heavy atom. The first kappa shape index (κ1) is 19.5. The number of rotatable bonds is 6. The molecule has 1 aliphatic rings. The predicted octanol–water partition coefficient (Wildman–Crippen LogP) is 4.10. The fourth-order valence-electron chi connectivity index (χ4n) is 4.05. The zero-order valence-electron chi connectivity index (χ0n) is 16.6. The van der Waals surface area contributed by atoms with E-state index in [0.717, 1.165) is 34.7 Å². The summed E-state index contributed by atoms with van der Waals surface area (Å²) in [6.07, 6.45) is 0.696. The first-order valence-corrected chi connectivity index (χ1v) is 9.69. The van der Waals surface area contributed by atoms with Gasteiger partial charge in [-0.25, -0.2) is 4.79 Å². The van der Waals surface area contributed by atoms with Gasteiger partial charge in [-0.05, 0) is 65.1 Å². The van der Waals surface area contributed by atoms with Crippen molar-refractivity contribution in [2.24, 2.45) is 5.73 Å². The van der Waals surface area contributed by atoms with Crippen molar-refractivity contribution in [1.29, 1.82) is 5.41 Å². The lowest BCUT2D eigenvalue weighted by Crippen LogP contribution is -2.12. The molecule has 5 N–H and O–H groups in total. The number of methoxy groups -OCH3 is 1. The third-order valence-electron chi connectivity index (χ3n) is 5.57. The van der Waals surface area contributed by atoms with E-state index in [0.29, 0.717) is 17.5 Å². The molecule has 4 rings (SSSR count). The molecule has 6 nitrogen and oxygen atoms in total. The van der Waals surface area contributed by atoms with Crippen molar-refractivity contribution < 1.29 is 14.6 Å². The molecule has 1 unspecified atom stereocenters. The Morgan fingerprint density at radius 3 is 2.70 bits per heavy atom. The molecule has 152 valence electrons. The molecule has 0 saturated carbocycles. The molecule has 0 radical (unpaired) electrons. The summed E-state index contributed by atoms with van der Waals surface area (Å²) in [5, 5.41) is 20.8. The summed E-state index contributed by atoms with van der Waals surface area (Å²) in [5.41, 5.74) is 11.4. The lowest BCUT2D eigenvalue weighted by atomic mass is 9.87. The summed E-state index contributed by atoms with van der Waals surface area (Å²) in [6.45, 7) is 0.758. The van der Waals surface area contributed by atoms with Crippen LogP contribution in [-0.2, 0) is 6.42 Å². The molecule has 0 spiro atoms. The highest BCUT2D eigenvalue weighted by Crippen LogP contribution is 2.38. The van der Waals surface area contributed by atoms with E-state index in [9.17, 15) is 9.90 Å². The van der Waals surface area contributed by atoms with E-state index in [1.54, 1.807) is 19.2 Å². The average molecular weight is 401 g/mol. The number of benzene rings is 3. The van der Waals surface area contributed by atoms with Crippen molar-refractivity contribution in [3.63, 3.8) is 0 Å². The first-order chi connectivity index (χ1) is 14.5. The Morgan fingerprint density at radius 2 is 1.97 bits per heavy atom. The van der Waals surface area contributed by atoms with Gasteiger partial charge in [-0.1, -0.05) is 24.3 Å². The number of carbonyl (C=O) groups is 1. The van der Waals surface area contributed by atoms with Crippen LogP contribution in [0.25, 0.3) is 11.1 Å². The minimum atomic E-state index is -0.952. The normalized spacial score (nSPS) is 14.6. The Hall–Kier alpha value is -3.80. The van der Waals surface area contributed by atoms with Crippen LogP contribution >= 0.6 is 0 Å². The fraction of sp³-hybridized carbons (Fsp3) is 0.167. The number of nitrogens with one attached hydrogen (secondary N) is 2. The Labute approximate surface area is 174 Å². The maximum atomic E-state index is 11.8. The second-order valence-electron chi connectivity index (χ2n) is 7.37. The summed E-state index contributed by atoms with van der Waals surface area (Å²) >= 11 is 0. The molecule has 0 aromatic heterocycles. The highest BCUT2D eigenvalue weighted by Gasteiger charge is 2.25. The molecule has 1 aliphatic heterocycles. The summed E-state index contributed by atoms with van der Waals surface area (Å²) in [7, 11) is 1.62. The molecule has 0 amide bonds. The number of aromatic carboxylic acids is 1. The van der Waals surface area contributed by atoms with Gasteiger partial charge in [0.05, 0.1) is 12.7 Å². The topological polar surface area (TPSA) is 108 Å². The van der Waals surface area contributed by atoms with Crippen LogP contribution in [0.4, 0.5) is 5.69 Å². The predicted molar refractivity (Wildman–Crippen MR) is 118 cm³/mol. The molecular weight excluding hydrogens is 378 g/mol. The maximum absolute atomic E-state index is 11.8. The number of carboxylic acids is 1. The average Bonchev–Trinajstić information content (AvgIpc) is 3.15. The van der Waals surface area contributed by atoms with Crippen LogP contribution in [0.5, 0.6) is 5.75 Å². The van der Waals surface area contributed by atoms with Crippen LogP contribution in [0.15, 0.2) is 60.7 Å². The van der Waals surface area contributed by atoms with Gasteiger partial charge in [0.2, 0.25) is 0 Å². The van der Waals surface area contributed by atoms with Gasteiger partial charge in [0, 0.05) is 23.7 Å². The van der Waals surface area contributed by atoms with Crippen LogP contribution in [0.3, 0.4) is 0 Å². The molecule has 0 aliphatic carbocycles. The second kappa shape index (κ2) is 7.91. The standard InChI is InChI=1S/C24H23N3O3/c1-30-17-7-8-18(19-4-2-3-5-20(19)24(28)29)15(11-17)10-16-13-27-22-9-6-14(23(25)26)12-21(16)22/h2-9,11-12,16,27H,10,13H2,1H3,(H3,25,26)(H,28,29). The molecule has 0 saturated heterocycles. The van der Waals surface area contributed by atoms with Crippen molar-refractivity contribution in [3.05, 3.63) is 82.9 Å². The van der Waals surface area contributed by atoms with Gasteiger partial charge in [0.1, 0.15) is 11.6 Å². The van der Waals surface area contributed by atoms with Crippen molar-refractivity contribution in [2.45, 2.75) is 12.3 Å². The molecule has 0 fully saturated rings. The highest BCUT2D eigenvalue weighted by molar-refractivity contribution is 5.97. The summed E-state index contributed by atoms with van der Waals surface area (Å²) in [5.74, 6) is -0.0142. The molecule has 0 bridgehead atoms. The second-order valence-corrected chi connectivity index (χ2v) is 7.37. The fourth-order valence-corrected chi connectivity index (χ4v) is 4.05. The smallest absolute Gasteiger partial charge is 0.336 e. The zero-order valence-corrected chi connectivity index (χ0v) is 16.6. The van der Waals surface area contributed by atoms with Crippen molar-refractivity contribution in [2.75, 3.05) is 19.0 Å². The van der Waals surface area contributed by atoms with Gasteiger partial charge in [0.15, 0.2) is 0 Å². The highest BCUT2D eigenvalue weighted by atomic mass is 16.5. The number of carboxylic acid groups (broad SMARTS) is 1. The number of nitrogens with two attached hydrogens (primary N) is 1. The van der Waals surface area contributed by atoms with E-state index in [-0.39, 0.29) is 17.3 Å². The lowest BCUT2D eigenvalue weighted by Gasteiger charge is -2.17. The number of amidine groups is 1. The SMILES string of the molecule is COc1ccc(-c2ccccc2C(=O)O)c(CC2CNc3ccc(C(=N)N)cc32)c1. The maximum Gasteiger partial charge on any atom is 0.336 e. The van der Waals surface area contributed by atoms with E-state index in [2.05, 4.69) is 5.32 Å². The third-order valence-corrected chi connectivity index (χ3v) is 5.57. The monoisotopic (exact) mass is 401 g/mol. The zero-order chi connectivity index (χ0) is 21.3. The summed E-state index contributed by atoms with van der Waals surface area (Å²) < 4.78 is 5.43. The number of anilines is 1. The summed E-state index contributed by atoms with van der Waals surface area (Å²) in [6, 6.07) is 18.6. The van der Waals surface area contributed by atoms with Crippen LogP contribution in [0.2, 0.25) is 0 Å². The Balaban J connectivity index is 1.77. The molecular formula is C24H23N3O3. The van der Waals surface area contributed by atoms with Gasteiger partial charge in [0.25, 0.3) is 0 Å². The van der Waals surface area contributed by atoms with Gasteiger partial charge in [-0.3, -0.25) is 5.41 Å². The largest absolute Gasteiger partial charge is 0.497 e. The molecule has 30 heavy (non-hydrogen) atoms. The van der Waals surface area contributed by atoms with Crippen molar-refractivity contribution in [1.82, 2.24) is 0 Å². The van der Waals surface area contributed by atoms with Crippen LogP contribution in [-0.4, -0.2) is 30.6 Å². The number of hydrogen-bond donors (Lipinski definition) is 4. The van der Waals surface area contributed by atoms with Crippen LogP contribution < -0.4 is 15.8 Å². The Kier molecular flexibility index (Phi) is 5.14. The lowest BCUT2D eigenvalue weighted by molar-refractivity contribution is 0.0697. The van der Waals surface area contributed by atoms with Gasteiger partial charge >= 0.3 is 5.97 Å². The van der Waals surface area contributed by atoms with Crippen LogP contribution in [0.1, 0.15) is 33.0 Å².